The predicted molar refractivity (Wildman–Crippen MR) is 141 cm³/mol. The Morgan fingerprint density at radius 3 is 2.49 bits per heavy atom. The van der Waals surface area contributed by atoms with Gasteiger partial charge in [0.1, 0.15) is 0 Å². The summed E-state index contributed by atoms with van der Waals surface area (Å²) in [7, 11) is -2.25. The molecule has 210 valence electrons. The standard InChI is InChI=1S/C25H28F3N5O4S2/c1-33(23(34)14-30-24(35)16-4-3-5-18(12-16)25(26,27)28)22-11-6-19(31-32-29)13-17(22)15-39(36,37)21-9-7-20(38-2)8-10-21/h3-5,7-10,12,17,19,22H,6,11,13-15H2,1-2H3,(H,30,35)/t17-,19+,22+/m1/s1. The number of sulfone groups is 1. The minimum atomic E-state index is -4.62. The smallest absolute Gasteiger partial charge is 0.343 e. The van der Waals surface area contributed by atoms with Gasteiger partial charge in [-0.1, -0.05) is 11.2 Å². The number of halogens is 3. The van der Waals surface area contributed by atoms with Gasteiger partial charge in [-0.2, -0.15) is 13.2 Å². The molecule has 3 rings (SSSR count). The van der Waals surface area contributed by atoms with E-state index in [1.807, 2.05) is 6.26 Å². The normalized spacial score (nSPS) is 19.6. The molecule has 1 fully saturated rings. The Labute approximate surface area is 228 Å². The maximum absolute atomic E-state index is 13.2. The fourth-order valence-electron chi connectivity index (χ4n) is 4.66. The summed E-state index contributed by atoms with van der Waals surface area (Å²) in [5, 5.41) is 6.10. The van der Waals surface area contributed by atoms with Gasteiger partial charge in [-0.25, -0.2) is 8.42 Å². The van der Waals surface area contributed by atoms with Gasteiger partial charge in [-0.15, -0.1) is 11.8 Å². The summed E-state index contributed by atoms with van der Waals surface area (Å²) in [5.41, 5.74) is 7.65. The van der Waals surface area contributed by atoms with Crippen LogP contribution >= 0.6 is 11.8 Å². The molecular formula is C25H28F3N5O4S2. The van der Waals surface area contributed by atoms with Crippen molar-refractivity contribution in [3.8, 4) is 0 Å². The van der Waals surface area contributed by atoms with E-state index < -0.39 is 57.9 Å². The van der Waals surface area contributed by atoms with Crippen molar-refractivity contribution in [2.75, 3.05) is 25.6 Å². The molecule has 0 aliphatic heterocycles. The highest BCUT2D eigenvalue weighted by atomic mass is 32.2. The summed E-state index contributed by atoms with van der Waals surface area (Å²) in [6.45, 7) is -0.489. The quantitative estimate of drug-likeness (QED) is 0.193. The SMILES string of the molecule is CSc1ccc(S(=O)(=O)C[C@H]2C[C@@H](N=[N+]=[N-])CC[C@@H]2N(C)C(=O)CNC(=O)c2cccc(C(F)(F)F)c2)cc1. The van der Waals surface area contributed by atoms with Crippen LogP contribution in [0.1, 0.15) is 35.2 Å². The van der Waals surface area contributed by atoms with Gasteiger partial charge in [0.05, 0.1) is 22.8 Å². The Morgan fingerprint density at radius 2 is 1.87 bits per heavy atom. The molecule has 14 heteroatoms. The van der Waals surface area contributed by atoms with Crippen LogP contribution in [0.3, 0.4) is 0 Å². The van der Waals surface area contributed by atoms with Crippen molar-refractivity contribution in [1.82, 2.24) is 10.2 Å². The van der Waals surface area contributed by atoms with Crippen LogP contribution in [0.4, 0.5) is 13.2 Å². The third-order valence-corrected chi connectivity index (χ3v) is 9.33. The van der Waals surface area contributed by atoms with Gasteiger partial charge in [0.25, 0.3) is 5.91 Å². The number of likely N-dealkylation sites (N-methyl/N-ethyl adjacent to an activating group) is 1. The molecule has 1 aliphatic rings. The number of benzene rings is 2. The number of carbonyl (C=O) groups excluding carboxylic acids is 2. The first-order valence-corrected chi connectivity index (χ1v) is 14.9. The molecule has 1 N–H and O–H groups in total. The zero-order chi connectivity index (χ0) is 28.8. The van der Waals surface area contributed by atoms with Crippen molar-refractivity contribution in [3.63, 3.8) is 0 Å². The van der Waals surface area contributed by atoms with Gasteiger partial charge in [0.15, 0.2) is 9.84 Å². The number of carbonyl (C=O) groups is 2. The van der Waals surface area contributed by atoms with Crippen molar-refractivity contribution in [1.29, 1.82) is 0 Å². The van der Waals surface area contributed by atoms with E-state index in [4.69, 9.17) is 5.53 Å². The third-order valence-electron chi connectivity index (χ3n) is 6.72. The molecule has 0 unspecified atom stereocenters. The maximum atomic E-state index is 13.2. The molecule has 2 amide bonds. The molecule has 0 spiro atoms. The molecular weight excluding hydrogens is 555 g/mol. The van der Waals surface area contributed by atoms with Gasteiger partial charge in [-0.3, -0.25) is 9.59 Å². The number of amides is 2. The number of rotatable bonds is 9. The lowest BCUT2D eigenvalue weighted by Crippen LogP contribution is -2.50. The van der Waals surface area contributed by atoms with Crippen LogP contribution < -0.4 is 5.32 Å². The van der Waals surface area contributed by atoms with Gasteiger partial charge < -0.3 is 10.2 Å². The Bertz CT molecular complexity index is 1350. The molecule has 39 heavy (non-hydrogen) atoms. The summed E-state index contributed by atoms with van der Waals surface area (Å²) in [4.78, 5) is 30.6. The zero-order valence-corrected chi connectivity index (χ0v) is 22.9. The van der Waals surface area contributed by atoms with E-state index in [1.54, 1.807) is 12.1 Å². The van der Waals surface area contributed by atoms with E-state index in [-0.39, 0.29) is 22.6 Å². The molecule has 0 aromatic heterocycles. The minimum absolute atomic E-state index is 0.146. The van der Waals surface area contributed by atoms with Crippen LogP contribution in [0.15, 0.2) is 63.4 Å². The Morgan fingerprint density at radius 1 is 1.18 bits per heavy atom. The highest BCUT2D eigenvalue weighted by Crippen LogP contribution is 2.33. The van der Waals surface area contributed by atoms with Crippen molar-refractivity contribution in [2.24, 2.45) is 11.0 Å². The van der Waals surface area contributed by atoms with Gasteiger partial charge in [0.2, 0.25) is 5.91 Å². The summed E-state index contributed by atoms with van der Waals surface area (Å²) < 4.78 is 65.3. The number of azide groups is 1. The summed E-state index contributed by atoms with van der Waals surface area (Å²) >= 11 is 1.48. The second kappa shape index (κ2) is 12.8. The monoisotopic (exact) mass is 583 g/mol. The highest BCUT2D eigenvalue weighted by molar-refractivity contribution is 7.98. The van der Waals surface area contributed by atoms with Crippen molar-refractivity contribution >= 4 is 33.4 Å². The molecule has 2 aromatic rings. The Balaban J connectivity index is 1.72. The van der Waals surface area contributed by atoms with Crippen molar-refractivity contribution in [3.05, 3.63) is 70.1 Å². The highest BCUT2D eigenvalue weighted by Gasteiger charge is 2.37. The molecule has 3 atom stereocenters. The van der Waals surface area contributed by atoms with Crippen molar-refractivity contribution < 1.29 is 31.2 Å². The molecule has 0 saturated heterocycles. The number of hydrogen-bond acceptors (Lipinski definition) is 6. The fourth-order valence-corrected chi connectivity index (χ4v) is 6.73. The first-order valence-electron chi connectivity index (χ1n) is 12.0. The van der Waals surface area contributed by atoms with Crippen LogP contribution in [0.5, 0.6) is 0 Å². The summed E-state index contributed by atoms with van der Waals surface area (Å²) in [6, 6.07) is 9.40. The summed E-state index contributed by atoms with van der Waals surface area (Å²) in [6.07, 6.45) is -1.67. The number of nitrogens with zero attached hydrogens (tertiary/aromatic N) is 4. The predicted octanol–water partition coefficient (Wildman–Crippen LogP) is 4.94. The average molecular weight is 584 g/mol. The van der Waals surface area contributed by atoms with Gasteiger partial charge in [0, 0.05) is 34.5 Å². The Kier molecular flexibility index (Phi) is 9.92. The van der Waals surface area contributed by atoms with E-state index in [0.29, 0.717) is 18.9 Å². The largest absolute Gasteiger partial charge is 0.416 e. The van der Waals surface area contributed by atoms with Crippen LogP contribution in [0.2, 0.25) is 0 Å². The molecule has 0 heterocycles. The molecule has 0 bridgehead atoms. The molecule has 0 radical (unpaired) electrons. The molecule has 9 nitrogen and oxygen atoms in total. The lowest BCUT2D eigenvalue weighted by molar-refractivity contribution is -0.137. The fraction of sp³-hybridized carbons (Fsp3) is 0.440. The zero-order valence-electron chi connectivity index (χ0n) is 21.3. The van der Waals surface area contributed by atoms with Gasteiger partial charge >= 0.3 is 6.18 Å². The average Bonchev–Trinajstić information content (AvgIpc) is 2.91. The molecule has 2 aromatic carbocycles. The second-order valence-corrected chi connectivity index (χ2v) is 12.1. The van der Waals surface area contributed by atoms with Crippen LogP contribution in [0, 0.1) is 5.92 Å². The van der Waals surface area contributed by atoms with Crippen LogP contribution in [-0.4, -0.2) is 62.8 Å². The first kappa shape index (κ1) is 30.3. The topological polar surface area (TPSA) is 132 Å². The second-order valence-electron chi connectivity index (χ2n) is 9.22. The third kappa shape index (κ3) is 7.90. The van der Waals surface area contributed by atoms with E-state index in [9.17, 15) is 31.2 Å². The van der Waals surface area contributed by atoms with E-state index in [0.717, 1.165) is 17.0 Å². The van der Waals surface area contributed by atoms with Gasteiger partial charge in [-0.05, 0) is 79.4 Å². The maximum Gasteiger partial charge on any atom is 0.416 e. The Hall–Kier alpha value is -3.22. The first-order chi connectivity index (χ1) is 18.4. The molecule has 1 saturated carbocycles. The van der Waals surface area contributed by atoms with E-state index in [1.165, 1.54) is 41.9 Å². The number of thioether (sulfide) groups is 1. The minimum Gasteiger partial charge on any atom is -0.343 e. The lowest BCUT2D eigenvalue weighted by atomic mass is 9.82. The van der Waals surface area contributed by atoms with Crippen LogP contribution in [-0.2, 0) is 20.8 Å². The summed E-state index contributed by atoms with van der Waals surface area (Å²) in [5.74, 6) is -2.20. The van der Waals surface area contributed by atoms with E-state index >= 15 is 0 Å². The number of hydrogen-bond donors (Lipinski definition) is 1. The number of nitrogens with one attached hydrogen (secondary N) is 1. The van der Waals surface area contributed by atoms with Crippen LogP contribution in [0.25, 0.3) is 10.4 Å². The lowest BCUT2D eigenvalue weighted by Gasteiger charge is -2.40. The van der Waals surface area contributed by atoms with E-state index in [2.05, 4.69) is 15.3 Å². The van der Waals surface area contributed by atoms with Crippen molar-refractivity contribution in [2.45, 2.75) is 47.3 Å². The number of alkyl halides is 3. The molecule has 1 aliphatic carbocycles.